The summed E-state index contributed by atoms with van der Waals surface area (Å²) >= 11 is 3.62. The van der Waals surface area contributed by atoms with Crippen molar-refractivity contribution in [2.45, 2.75) is 46.0 Å². The highest BCUT2D eigenvalue weighted by atomic mass is 79.9. The number of nitrogens with one attached hydrogen (secondary N) is 1. The predicted molar refractivity (Wildman–Crippen MR) is 82.8 cm³/mol. The number of anilines is 1. The lowest BCUT2D eigenvalue weighted by atomic mass is 10.1. The molecule has 0 aliphatic carbocycles. The molecule has 0 bridgehead atoms. The number of aromatic nitrogens is 2. The third-order valence-corrected chi connectivity index (χ3v) is 3.54. The second-order valence-corrected chi connectivity index (χ2v) is 5.66. The summed E-state index contributed by atoms with van der Waals surface area (Å²) in [5.41, 5.74) is 1.07. The molecule has 1 heterocycles. The van der Waals surface area contributed by atoms with Crippen LogP contribution in [0, 0.1) is 0 Å². The van der Waals surface area contributed by atoms with Crippen molar-refractivity contribution in [2.75, 3.05) is 25.6 Å². The van der Waals surface area contributed by atoms with Crippen LogP contribution < -0.4 is 5.32 Å². The van der Waals surface area contributed by atoms with Gasteiger partial charge in [0.05, 0.1) is 10.2 Å². The van der Waals surface area contributed by atoms with Gasteiger partial charge in [0.1, 0.15) is 11.6 Å². The molecule has 1 aromatic rings. The van der Waals surface area contributed by atoms with Crippen LogP contribution >= 0.6 is 15.9 Å². The highest BCUT2D eigenvalue weighted by Crippen LogP contribution is 2.29. The number of aryl methyl sites for hydroxylation is 1. The van der Waals surface area contributed by atoms with Crippen molar-refractivity contribution >= 4 is 21.7 Å². The molecular formula is C14H24BrN3O. The van der Waals surface area contributed by atoms with Gasteiger partial charge >= 0.3 is 0 Å². The van der Waals surface area contributed by atoms with Gasteiger partial charge in [-0.3, -0.25) is 0 Å². The Labute approximate surface area is 124 Å². The normalized spacial score (nSPS) is 11.1. The zero-order chi connectivity index (χ0) is 14.3. The van der Waals surface area contributed by atoms with E-state index in [4.69, 9.17) is 4.74 Å². The molecule has 0 fully saturated rings. The fourth-order valence-corrected chi connectivity index (χ4v) is 2.52. The summed E-state index contributed by atoms with van der Waals surface area (Å²) in [7, 11) is 1.72. The molecule has 0 saturated carbocycles. The Morgan fingerprint density at radius 2 is 2.05 bits per heavy atom. The monoisotopic (exact) mass is 329 g/mol. The molecule has 0 atom stereocenters. The molecule has 19 heavy (non-hydrogen) atoms. The Morgan fingerprint density at radius 1 is 1.32 bits per heavy atom. The molecule has 1 aromatic heterocycles. The molecule has 1 rings (SSSR count). The van der Waals surface area contributed by atoms with E-state index in [2.05, 4.69) is 52.0 Å². The van der Waals surface area contributed by atoms with Crippen molar-refractivity contribution in [3.05, 3.63) is 16.0 Å². The number of nitrogens with zero attached hydrogens (tertiary/aromatic N) is 2. The van der Waals surface area contributed by atoms with Crippen LogP contribution in [-0.4, -0.2) is 30.2 Å². The average Bonchev–Trinajstić information content (AvgIpc) is 2.38. The molecule has 108 valence electrons. The molecule has 0 aromatic carbocycles. The number of methoxy groups -OCH3 is 1. The van der Waals surface area contributed by atoms with E-state index in [0.717, 1.165) is 54.2 Å². The molecule has 4 nitrogen and oxygen atoms in total. The first-order valence-electron chi connectivity index (χ1n) is 6.89. The first-order chi connectivity index (χ1) is 9.10. The minimum Gasteiger partial charge on any atom is -0.385 e. The van der Waals surface area contributed by atoms with E-state index < -0.39 is 0 Å². The second kappa shape index (κ2) is 8.48. The molecule has 0 saturated heterocycles. The van der Waals surface area contributed by atoms with Crippen LogP contribution in [0.2, 0.25) is 0 Å². The Bertz CT molecular complexity index is 397. The van der Waals surface area contributed by atoms with Gasteiger partial charge in [-0.15, -0.1) is 0 Å². The first-order valence-corrected chi connectivity index (χ1v) is 7.68. The third-order valence-electron chi connectivity index (χ3n) is 2.76. The van der Waals surface area contributed by atoms with Gasteiger partial charge in [-0.2, -0.15) is 0 Å². The molecule has 0 aliphatic rings. The molecule has 0 aliphatic heterocycles. The Hall–Kier alpha value is -0.680. The van der Waals surface area contributed by atoms with Crippen molar-refractivity contribution < 1.29 is 4.74 Å². The van der Waals surface area contributed by atoms with Crippen LogP contribution in [0.5, 0.6) is 0 Å². The van der Waals surface area contributed by atoms with Gasteiger partial charge in [0.15, 0.2) is 0 Å². The average molecular weight is 330 g/mol. The van der Waals surface area contributed by atoms with E-state index in [0.29, 0.717) is 5.92 Å². The summed E-state index contributed by atoms with van der Waals surface area (Å²) in [6, 6.07) is 0. The largest absolute Gasteiger partial charge is 0.385 e. The lowest BCUT2D eigenvalue weighted by Crippen LogP contribution is -2.10. The zero-order valence-electron chi connectivity index (χ0n) is 12.3. The lowest BCUT2D eigenvalue weighted by Gasteiger charge is -2.14. The molecule has 0 unspecified atom stereocenters. The van der Waals surface area contributed by atoms with Crippen LogP contribution in [0.1, 0.15) is 51.0 Å². The minimum atomic E-state index is 0.376. The van der Waals surface area contributed by atoms with Crippen LogP contribution in [0.15, 0.2) is 4.47 Å². The zero-order valence-corrected chi connectivity index (χ0v) is 13.9. The van der Waals surface area contributed by atoms with E-state index in [1.54, 1.807) is 7.11 Å². The van der Waals surface area contributed by atoms with E-state index in [1.165, 1.54) is 0 Å². The van der Waals surface area contributed by atoms with Crippen LogP contribution in [0.4, 0.5) is 5.82 Å². The summed E-state index contributed by atoms with van der Waals surface area (Å²) < 4.78 is 6.07. The van der Waals surface area contributed by atoms with Gasteiger partial charge in [-0.25, -0.2) is 9.97 Å². The van der Waals surface area contributed by atoms with Gasteiger partial charge < -0.3 is 10.1 Å². The highest BCUT2D eigenvalue weighted by Gasteiger charge is 2.14. The second-order valence-electron chi connectivity index (χ2n) is 4.87. The van der Waals surface area contributed by atoms with Gasteiger partial charge in [0, 0.05) is 26.7 Å². The molecule has 0 radical (unpaired) electrons. The number of ether oxygens (including phenoxy) is 1. The van der Waals surface area contributed by atoms with Crippen molar-refractivity contribution in [1.82, 2.24) is 9.97 Å². The van der Waals surface area contributed by atoms with Gasteiger partial charge in [0.2, 0.25) is 0 Å². The molecule has 0 amide bonds. The van der Waals surface area contributed by atoms with Crippen LogP contribution in [0.25, 0.3) is 0 Å². The number of rotatable bonds is 8. The molecule has 5 heteroatoms. The molecule has 0 spiro atoms. The van der Waals surface area contributed by atoms with Crippen molar-refractivity contribution in [3.63, 3.8) is 0 Å². The summed E-state index contributed by atoms with van der Waals surface area (Å²) in [5, 5.41) is 3.36. The topological polar surface area (TPSA) is 47.0 Å². The summed E-state index contributed by atoms with van der Waals surface area (Å²) in [5.74, 6) is 2.18. The van der Waals surface area contributed by atoms with Crippen molar-refractivity contribution in [1.29, 1.82) is 0 Å². The predicted octanol–water partition coefficient (Wildman–Crippen LogP) is 3.76. The van der Waals surface area contributed by atoms with E-state index >= 15 is 0 Å². The summed E-state index contributed by atoms with van der Waals surface area (Å²) in [6.07, 6.45) is 2.87. The fraction of sp³-hybridized carbons (Fsp3) is 0.714. The maximum Gasteiger partial charge on any atom is 0.144 e. The molecule has 1 N–H and O–H groups in total. The van der Waals surface area contributed by atoms with Crippen LogP contribution in [-0.2, 0) is 11.2 Å². The fourth-order valence-electron chi connectivity index (χ4n) is 1.74. The highest BCUT2D eigenvalue weighted by molar-refractivity contribution is 9.10. The quantitative estimate of drug-likeness (QED) is 0.737. The lowest BCUT2D eigenvalue weighted by molar-refractivity contribution is 0.194. The van der Waals surface area contributed by atoms with Gasteiger partial charge in [-0.1, -0.05) is 20.8 Å². The van der Waals surface area contributed by atoms with Crippen LogP contribution in [0.3, 0.4) is 0 Å². The van der Waals surface area contributed by atoms with E-state index in [9.17, 15) is 0 Å². The van der Waals surface area contributed by atoms with Crippen molar-refractivity contribution in [3.8, 4) is 0 Å². The standard InChI is InChI=1S/C14H24BrN3O/c1-5-8-16-14-12(15)13(10(2)3)17-11(18-14)7-6-9-19-4/h10H,5-9H2,1-4H3,(H,16,17,18). The Morgan fingerprint density at radius 3 is 2.63 bits per heavy atom. The third kappa shape index (κ3) is 5.07. The van der Waals surface area contributed by atoms with E-state index in [-0.39, 0.29) is 0 Å². The summed E-state index contributed by atoms with van der Waals surface area (Å²) in [6.45, 7) is 8.11. The smallest absolute Gasteiger partial charge is 0.144 e. The Balaban J connectivity index is 2.94. The number of hydrogen-bond donors (Lipinski definition) is 1. The number of halogens is 1. The Kier molecular flexibility index (Phi) is 7.31. The first kappa shape index (κ1) is 16.4. The van der Waals surface area contributed by atoms with Gasteiger partial charge in [0.25, 0.3) is 0 Å². The van der Waals surface area contributed by atoms with Gasteiger partial charge in [-0.05, 0) is 34.7 Å². The summed E-state index contributed by atoms with van der Waals surface area (Å²) in [4.78, 5) is 9.26. The minimum absolute atomic E-state index is 0.376. The SMILES string of the molecule is CCCNc1nc(CCCOC)nc(C(C)C)c1Br. The van der Waals surface area contributed by atoms with E-state index in [1.807, 2.05) is 0 Å². The maximum absolute atomic E-state index is 5.08. The van der Waals surface area contributed by atoms with Crippen molar-refractivity contribution in [2.24, 2.45) is 0 Å². The number of hydrogen-bond acceptors (Lipinski definition) is 4. The molecular weight excluding hydrogens is 306 g/mol. The maximum atomic E-state index is 5.08.